The fourth-order valence-electron chi connectivity index (χ4n) is 1.54. The molecule has 0 amide bonds. The van der Waals surface area contributed by atoms with Crippen molar-refractivity contribution >= 4 is 11.9 Å². The molecule has 15 heavy (non-hydrogen) atoms. The quantitative estimate of drug-likeness (QED) is 0.522. The number of rotatable bonds is 4. The predicted molar refractivity (Wildman–Crippen MR) is 54.1 cm³/mol. The molecule has 0 aromatic rings. The summed E-state index contributed by atoms with van der Waals surface area (Å²) in [5, 5.41) is 0. The van der Waals surface area contributed by atoms with E-state index in [1.165, 1.54) is 0 Å². The van der Waals surface area contributed by atoms with Crippen molar-refractivity contribution < 1.29 is 19.1 Å². The molecule has 0 bridgehead atoms. The highest BCUT2D eigenvalue weighted by molar-refractivity contribution is 5.87. The van der Waals surface area contributed by atoms with Crippen molar-refractivity contribution in [2.75, 3.05) is 6.61 Å². The van der Waals surface area contributed by atoms with Gasteiger partial charge in [-0.1, -0.05) is 13.5 Å². The summed E-state index contributed by atoms with van der Waals surface area (Å²) < 4.78 is 10.0. The summed E-state index contributed by atoms with van der Waals surface area (Å²) in [6.45, 7) is 7.38. The third kappa shape index (κ3) is 2.81. The van der Waals surface area contributed by atoms with Crippen molar-refractivity contribution in [3.8, 4) is 0 Å². The molecule has 0 aromatic heterocycles. The first-order valence-electron chi connectivity index (χ1n) is 5.09. The first kappa shape index (κ1) is 11.8. The Balaban J connectivity index is 2.59. The van der Waals surface area contributed by atoms with Crippen LogP contribution in [0.25, 0.3) is 0 Å². The van der Waals surface area contributed by atoms with Gasteiger partial charge >= 0.3 is 11.9 Å². The van der Waals surface area contributed by atoms with Gasteiger partial charge in [-0.15, -0.1) is 0 Å². The zero-order valence-electron chi connectivity index (χ0n) is 9.12. The summed E-state index contributed by atoms with van der Waals surface area (Å²) in [6.07, 6.45) is 0.851. The molecule has 0 radical (unpaired) electrons. The second-order valence-corrected chi connectivity index (χ2v) is 3.70. The maximum atomic E-state index is 11.3. The molecule has 0 aliphatic carbocycles. The Morgan fingerprint density at radius 1 is 1.73 bits per heavy atom. The summed E-state index contributed by atoms with van der Waals surface area (Å²) in [4.78, 5) is 22.6. The smallest absolute Gasteiger partial charge is 0.333 e. The molecule has 4 heteroatoms. The maximum Gasteiger partial charge on any atom is 0.333 e. The van der Waals surface area contributed by atoms with Crippen LogP contribution < -0.4 is 0 Å². The van der Waals surface area contributed by atoms with Crippen LogP contribution in [0.3, 0.4) is 0 Å². The van der Waals surface area contributed by atoms with E-state index in [0.717, 1.165) is 0 Å². The van der Waals surface area contributed by atoms with Crippen LogP contribution in [0.2, 0.25) is 0 Å². The highest BCUT2D eigenvalue weighted by Crippen LogP contribution is 2.23. The average Bonchev–Trinajstić information content (AvgIpc) is 2.60. The van der Waals surface area contributed by atoms with Crippen LogP contribution in [-0.4, -0.2) is 24.6 Å². The van der Waals surface area contributed by atoms with E-state index >= 15 is 0 Å². The lowest BCUT2D eigenvalue weighted by atomic mass is 9.99. The Hall–Kier alpha value is -1.32. The van der Waals surface area contributed by atoms with E-state index in [1.807, 2.05) is 6.92 Å². The number of esters is 2. The van der Waals surface area contributed by atoms with E-state index in [9.17, 15) is 9.59 Å². The summed E-state index contributed by atoms with van der Waals surface area (Å²) >= 11 is 0. The first-order chi connectivity index (χ1) is 7.06. The van der Waals surface area contributed by atoms with E-state index in [-0.39, 0.29) is 18.0 Å². The highest BCUT2D eigenvalue weighted by Gasteiger charge is 2.35. The van der Waals surface area contributed by atoms with Crippen molar-refractivity contribution in [1.82, 2.24) is 0 Å². The lowest BCUT2D eigenvalue weighted by molar-refractivity contribution is -0.153. The zero-order valence-corrected chi connectivity index (χ0v) is 9.12. The van der Waals surface area contributed by atoms with E-state index in [1.54, 1.807) is 6.92 Å². The molecule has 1 rings (SSSR count). The van der Waals surface area contributed by atoms with Gasteiger partial charge in [0.1, 0.15) is 6.10 Å². The van der Waals surface area contributed by atoms with Gasteiger partial charge in [0.15, 0.2) is 0 Å². The highest BCUT2D eigenvalue weighted by atomic mass is 16.6. The van der Waals surface area contributed by atoms with Crippen molar-refractivity contribution in [1.29, 1.82) is 0 Å². The Kier molecular flexibility index (Phi) is 3.88. The molecule has 1 aliphatic heterocycles. The standard InChI is InChI=1S/C11H16O4/c1-4-9(15-10(12)7(2)3)8-5-6-14-11(8)13/h8-9H,2,4-6H2,1,3H3. The molecule has 1 aliphatic rings. The van der Waals surface area contributed by atoms with Crippen LogP contribution >= 0.6 is 0 Å². The fraction of sp³-hybridized carbons (Fsp3) is 0.636. The lowest BCUT2D eigenvalue weighted by Crippen LogP contribution is -2.29. The maximum absolute atomic E-state index is 11.3. The Bertz CT molecular complexity index is 282. The van der Waals surface area contributed by atoms with Gasteiger partial charge in [-0.2, -0.15) is 0 Å². The monoisotopic (exact) mass is 212 g/mol. The van der Waals surface area contributed by atoms with E-state index < -0.39 is 5.97 Å². The number of hydrogen-bond donors (Lipinski definition) is 0. The molecule has 1 heterocycles. The number of cyclic esters (lactones) is 1. The first-order valence-corrected chi connectivity index (χ1v) is 5.09. The Morgan fingerprint density at radius 2 is 2.40 bits per heavy atom. The van der Waals surface area contributed by atoms with Crippen LogP contribution in [0.4, 0.5) is 0 Å². The van der Waals surface area contributed by atoms with Gasteiger partial charge in [0.05, 0.1) is 12.5 Å². The minimum atomic E-state index is -0.443. The van der Waals surface area contributed by atoms with Crippen LogP contribution in [0.1, 0.15) is 26.7 Å². The second-order valence-electron chi connectivity index (χ2n) is 3.70. The van der Waals surface area contributed by atoms with Gasteiger partial charge in [-0.3, -0.25) is 4.79 Å². The normalized spacial score (nSPS) is 22.0. The van der Waals surface area contributed by atoms with Crippen molar-refractivity contribution in [2.24, 2.45) is 5.92 Å². The zero-order chi connectivity index (χ0) is 11.4. The summed E-state index contributed by atoms with van der Waals surface area (Å²) in [7, 11) is 0. The molecular weight excluding hydrogens is 196 g/mol. The van der Waals surface area contributed by atoms with Gasteiger partial charge in [0, 0.05) is 5.57 Å². The van der Waals surface area contributed by atoms with Crippen molar-refractivity contribution in [2.45, 2.75) is 32.8 Å². The minimum Gasteiger partial charge on any atom is -0.465 e. The SMILES string of the molecule is C=C(C)C(=O)OC(CC)C1CCOC1=O. The molecule has 2 atom stereocenters. The van der Waals surface area contributed by atoms with Crippen molar-refractivity contribution in [3.63, 3.8) is 0 Å². The topological polar surface area (TPSA) is 52.6 Å². The van der Waals surface area contributed by atoms with Crippen LogP contribution in [0.5, 0.6) is 0 Å². The molecule has 1 saturated heterocycles. The lowest BCUT2D eigenvalue weighted by Gasteiger charge is -2.19. The summed E-state index contributed by atoms with van der Waals surface area (Å²) in [5.41, 5.74) is 0.347. The Labute approximate surface area is 89.2 Å². The van der Waals surface area contributed by atoms with Gasteiger partial charge < -0.3 is 9.47 Å². The second kappa shape index (κ2) is 4.96. The molecule has 0 aromatic carbocycles. The van der Waals surface area contributed by atoms with E-state index in [0.29, 0.717) is 25.0 Å². The number of carbonyl (C=O) groups excluding carboxylic acids is 2. The van der Waals surface area contributed by atoms with Crippen LogP contribution in [-0.2, 0) is 19.1 Å². The molecule has 0 spiro atoms. The minimum absolute atomic E-state index is 0.267. The average molecular weight is 212 g/mol. The number of ether oxygens (including phenoxy) is 2. The fourth-order valence-corrected chi connectivity index (χ4v) is 1.54. The van der Waals surface area contributed by atoms with Crippen LogP contribution in [0, 0.1) is 5.92 Å². The molecule has 4 nitrogen and oxygen atoms in total. The van der Waals surface area contributed by atoms with Gasteiger partial charge in [-0.05, 0) is 19.8 Å². The third-order valence-corrected chi connectivity index (χ3v) is 2.43. The van der Waals surface area contributed by atoms with E-state index in [4.69, 9.17) is 9.47 Å². The Morgan fingerprint density at radius 3 is 2.80 bits per heavy atom. The molecule has 2 unspecified atom stereocenters. The van der Waals surface area contributed by atoms with Gasteiger partial charge in [-0.25, -0.2) is 4.79 Å². The molecular formula is C11H16O4. The number of hydrogen-bond acceptors (Lipinski definition) is 4. The summed E-state index contributed by atoms with van der Waals surface area (Å²) in [6, 6.07) is 0. The van der Waals surface area contributed by atoms with Gasteiger partial charge in [0.2, 0.25) is 0 Å². The molecule has 0 N–H and O–H groups in total. The van der Waals surface area contributed by atoms with E-state index in [2.05, 4.69) is 6.58 Å². The number of carbonyl (C=O) groups is 2. The third-order valence-electron chi connectivity index (χ3n) is 2.43. The predicted octanol–water partition coefficient (Wildman–Crippen LogP) is 1.45. The summed E-state index contributed by atoms with van der Waals surface area (Å²) in [5.74, 6) is -1.02. The van der Waals surface area contributed by atoms with Gasteiger partial charge in [0.25, 0.3) is 0 Å². The largest absolute Gasteiger partial charge is 0.465 e. The molecule has 84 valence electrons. The van der Waals surface area contributed by atoms with Crippen LogP contribution in [0.15, 0.2) is 12.2 Å². The molecule has 1 fully saturated rings. The molecule has 0 saturated carbocycles. The van der Waals surface area contributed by atoms with Crippen molar-refractivity contribution in [3.05, 3.63) is 12.2 Å².